The molecule has 1 aromatic rings. The highest BCUT2D eigenvalue weighted by Crippen LogP contribution is 2.39. The standard InChI is InChI=1S/C22H34FN3O8S/c1-21(2,3)34-20(29)26(15-33-11-10-32-5)19-24-22(12-16(28)13-27,14-35(30,31)25(19)4)17-8-6-7-9-18(17)23/h6-9,16,27-28H,10-15H2,1-5H3. The van der Waals surface area contributed by atoms with Crippen LogP contribution in [0, 0.1) is 5.82 Å². The van der Waals surface area contributed by atoms with E-state index in [1.165, 1.54) is 32.4 Å². The third kappa shape index (κ3) is 7.34. The van der Waals surface area contributed by atoms with Crippen molar-refractivity contribution in [3.8, 4) is 0 Å². The molecule has 0 radical (unpaired) electrons. The van der Waals surface area contributed by atoms with Crippen molar-refractivity contribution < 1.29 is 42.0 Å². The summed E-state index contributed by atoms with van der Waals surface area (Å²) in [7, 11) is -1.51. The Hall–Kier alpha value is -2.32. The molecule has 0 saturated carbocycles. The lowest BCUT2D eigenvalue weighted by Crippen LogP contribution is -2.57. The van der Waals surface area contributed by atoms with Crippen molar-refractivity contribution in [2.75, 3.05) is 46.5 Å². The van der Waals surface area contributed by atoms with E-state index < -0.39 is 64.7 Å². The number of aliphatic hydroxyl groups is 2. The molecular weight excluding hydrogens is 485 g/mol. The van der Waals surface area contributed by atoms with Gasteiger partial charge in [-0.05, 0) is 26.8 Å². The molecule has 0 aromatic heterocycles. The molecule has 35 heavy (non-hydrogen) atoms. The second-order valence-corrected chi connectivity index (χ2v) is 11.1. The van der Waals surface area contributed by atoms with Crippen molar-refractivity contribution in [1.82, 2.24) is 9.21 Å². The maximum absolute atomic E-state index is 15.0. The number of rotatable bonds is 9. The SMILES string of the molecule is COCCOCN(C(=O)OC(C)(C)C)C1=NC(CC(O)CO)(c2ccccc2F)CS(=O)(=O)N1C. The van der Waals surface area contributed by atoms with Crippen molar-refractivity contribution in [2.24, 2.45) is 4.99 Å². The zero-order valence-corrected chi connectivity index (χ0v) is 21.4. The first-order valence-corrected chi connectivity index (χ1v) is 12.5. The number of amides is 1. The molecule has 0 saturated heterocycles. The smallest absolute Gasteiger partial charge is 0.419 e. The van der Waals surface area contributed by atoms with Gasteiger partial charge in [0, 0.05) is 26.1 Å². The maximum atomic E-state index is 15.0. The molecule has 13 heteroatoms. The first kappa shape index (κ1) is 28.9. The number of benzene rings is 1. The van der Waals surface area contributed by atoms with Gasteiger partial charge in [-0.2, -0.15) is 0 Å². The number of carbonyl (C=O) groups excluding carboxylic acids is 1. The second kappa shape index (κ2) is 11.6. The molecule has 0 spiro atoms. The van der Waals surface area contributed by atoms with Gasteiger partial charge in [0.2, 0.25) is 16.0 Å². The van der Waals surface area contributed by atoms with Gasteiger partial charge in [0.15, 0.2) is 0 Å². The van der Waals surface area contributed by atoms with E-state index in [-0.39, 0.29) is 24.7 Å². The van der Waals surface area contributed by atoms with Crippen LogP contribution in [0.2, 0.25) is 0 Å². The quantitative estimate of drug-likeness (QED) is 0.367. The topological polar surface area (TPSA) is 138 Å². The number of aliphatic imine (C=N–C) groups is 1. The Bertz CT molecular complexity index is 1010. The Morgan fingerprint density at radius 2 is 1.97 bits per heavy atom. The van der Waals surface area contributed by atoms with Crippen molar-refractivity contribution >= 4 is 22.1 Å². The Morgan fingerprint density at radius 3 is 2.54 bits per heavy atom. The predicted octanol–water partition coefficient (Wildman–Crippen LogP) is 1.25. The van der Waals surface area contributed by atoms with Gasteiger partial charge in [-0.1, -0.05) is 18.2 Å². The van der Waals surface area contributed by atoms with Crippen LogP contribution in [0.3, 0.4) is 0 Å². The van der Waals surface area contributed by atoms with Crippen LogP contribution >= 0.6 is 0 Å². The lowest BCUT2D eigenvalue weighted by atomic mass is 9.86. The zero-order valence-electron chi connectivity index (χ0n) is 20.6. The summed E-state index contributed by atoms with van der Waals surface area (Å²) in [5.41, 5.74) is -2.88. The number of aliphatic hydroxyl groups excluding tert-OH is 2. The molecule has 0 aliphatic carbocycles. The third-order valence-corrected chi connectivity index (χ3v) is 6.94. The summed E-state index contributed by atoms with van der Waals surface area (Å²) in [4.78, 5) is 18.5. The fourth-order valence-corrected chi connectivity index (χ4v) is 5.02. The fourth-order valence-electron chi connectivity index (χ4n) is 3.50. The normalized spacial score (nSPS) is 20.8. The summed E-state index contributed by atoms with van der Waals surface area (Å²) >= 11 is 0. The average Bonchev–Trinajstić information content (AvgIpc) is 2.75. The Morgan fingerprint density at radius 1 is 1.31 bits per heavy atom. The van der Waals surface area contributed by atoms with Crippen LogP contribution in [-0.4, -0.2) is 98.1 Å². The summed E-state index contributed by atoms with van der Waals surface area (Å²) in [6.45, 7) is 4.07. The monoisotopic (exact) mass is 519 g/mol. The minimum atomic E-state index is -4.18. The number of methoxy groups -OCH3 is 1. The van der Waals surface area contributed by atoms with E-state index in [2.05, 4.69) is 4.99 Å². The molecule has 2 atom stereocenters. The summed E-state index contributed by atoms with van der Waals surface area (Å²) in [5.74, 6) is -1.83. The van der Waals surface area contributed by atoms with Crippen LogP contribution in [0.4, 0.5) is 9.18 Å². The minimum absolute atomic E-state index is 0.0845. The second-order valence-electron chi connectivity index (χ2n) is 9.13. The molecule has 1 heterocycles. The summed E-state index contributed by atoms with van der Waals surface area (Å²) in [6, 6.07) is 5.43. The zero-order chi connectivity index (χ0) is 26.4. The molecular formula is C22H34FN3O8S. The fraction of sp³-hybridized carbons (Fsp3) is 0.636. The van der Waals surface area contributed by atoms with E-state index in [4.69, 9.17) is 14.2 Å². The Kier molecular flexibility index (Phi) is 9.59. The van der Waals surface area contributed by atoms with Crippen LogP contribution < -0.4 is 0 Å². The van der Waals surface area contributed by atoms with Gasteiger partial charge >= 0.3 is 6.09 Å². The molecule has 2 rings (SSSR count). The molecule has 1 aliphatic heterocycles. The number of nitrogens with zero attached hydrogens (tertiary/aromatic N) is 3. The molecule has 1 amide bonds. The van der Waals surface area contributed by atoms with E-state index in [9.17, 15) is 27.8 Å². The predicted molar refractivity (Wildman–Crippen MR) is 126 cm³/mol. The first-order chi connectivity index (χ1) is 16.3. The van der Waals surface area contributed by atoms with Crippen molar-refractivity contribution in [3.05, 3.63) is 35.6 Å². The van der Waals surface area contributed by atoms with Crippen LogP contribution in [-0.2, 0) is 29.8 Å². The van der Waals surface area contributed by atoms with Gasteiger partial charge in [0.25, 0.3) is 0 Å². The maximum Gasteiger partial charge on any atom is 0.419 e. The largest absolute Gasteiger partial charge is 0.443 e. The Labute approximate surface area is 205 Å². The van der Waals surface area contributed by atoms with Crippen LogP contribution in [0.15, 0.2) is 29.3 Å². The third-order valence-electron chi connectivity index (χ3n) is 5.10. The molecule has 2 unspecified atom stereocenters. The van der Waals surface area contributed by atoms with Crippen molar-refractivity contribution in [2.45, 2.75) is 44.4 Å². The van der Waals surface area contributed by atoms with Gasteiger partial charge in [0.1, 0.15) is 23.7 Å². The number of ether oxygens (including phenoxy) is 3. The molecule has 0 fully saturated rings. The van der Waals surface area contributed by atoms with Gasteiger partial charge in [-0.25, -0.2) is 31.8 Å². The number of halogens is 1. The van der Waals surface area contributed by atoms with Crippen LogP contribution in [0.1, 0.15) is 32.8 Å². The van der Waals surface area contributed by atoms with Crippen LogP contribution in [0.25, 0.3) is 0 Å². The Balaban J connectivity index is 2.71. The van der Waals surface area contributed by atoms with Gasteiger partial charge < -0.3 is 24.4 Å². The first-order valence-electron chi connectivity index (χ1n) is 10.9. The number of carbonyl (C=O) groups is 1. The van der Waals surface area contributed by atoms with Crippen molar-refractivity contribution in [3.63, 3.8) is 0 Å². The minimum Gasteiger partial charge on any atom is -0.443 e. The molecule has 198 valence electrons. The van der Waals surface area contributed by atoms with Crippen LogP contribution in [0.5, 0.6) is 0 Å². The number of guanidine groups is 1. The lowest BCUT2D eigenvalue weighted by molar-refractivity contribution is -0.00436. The number of hydrogen-bond donors (Lipinski definition) is 2. The van der Waals surface area contributed by atoms with E-state index >= 15 is 0 Å². The average molecular weight is 520 g/mol. The number of sulfonamides is 1. The van der Waals surface area contributed by atoms with E-state index in [0.717, 1.165) is 15.3 Å². The van der Waals surface area contributed by atoms with Gasteiger partial charge in [-0.15, -0.1) is 0 Å². The van der Waals surface area contributed by atoms with E-state index in [1.807, 2.05) is 0 Å². The molecule has 0 bridgehead atoms. The highest BCUT2D eigenvalue weighted by atomic mass is 32.2. The number of hydrogen-bond acceptors (Lipinski definition) is 9. The molecule has 2 N–H and O–H groups in total. The lowest BCUT2D eigenvalue weighted by Gasteiger charge is -2.41. The summed E-state index contributed by atoms with van der Waals surface area (Å²) < 4.78 is 58.2. The summed E-state index contributed by atoms with van der Waals surface area (Å²) in [5, 5.41) is 19.7. The molecule has 1 aromatic carbocycles. The van der Waals surface area contributed by atoms with E-state index in [1.54, 1.807) is 20.8 Å². The van der Waals surface area contributed by atoms with Gasteiger partial charge in [-0.3, -0.25) is 0 Å². The highest BCUT2D eigenvalue weighted by Gasteiger charge is 2.48. The highest BCUT2D eigenvalue weighted by molar-refractivity contribution is 7.89. The molecule has 11 nitrogen and oxygen atoms in total. The van der Waals surface area contributed by atoms with E-state index in [0.29, 0.717) is 0 Å². The van der Waals surface area contributed by atoms with Crippen molar-refractivity contribution in [1.29, 1.82) is 0 Å². The van der Waals surface area contributed by atoms with Gasteiger partial charge in [0.05, 0.1) is 31.7 Å². The molecule has 1 aliphatic rings. The summed E-state index contributed by atoms with van der Waals surface area (Å²) in [6.07, 6.45) is -2.78.